The zero-order valence-electron chi connectivity index (χ0n) is 11.4. The quantitative estimate of drug-likeness (QED) is 0.840. The predicted molar refractivity (Wildman–Crippen MR) is 67.6 cm³/mol. The van der Waals surface area contributed by atoms with E-state index in [-0.39, 0.29) is 12.6 Å². The Balaban J connectivity index is 2.51. The fraction of sp³-hybridized carbons (Fsp3) is 1.00. The molecule has 1 saturated carbocycles. The highest BCUT2D eigenvalue weighted by atomic mass is 19.4. The van der Waals surface area contributed by atoms with Crippen LogP contribution in [0.15, 0.2) is 0 Å². The average molecular weight is 266 g/mol. The van der Waals surface area contributed by atoms with Crippen LogP contribution in [0.4, 0.5) is 13.2 Å². The van der Waals surface area contributed by atoms with Crippen LogP contribution in [0.3, 0.4) is 0 Å². The zero-order chi connectivity index (χ0) is 13.6. The minimum atomic E-state index is -4.05. The topological polar surface area (TPSA) is 15.3 Å². The molecule has 5 heteroatoms. The summed E-state index contributed by atoms with van der Waals surface area (Å²) in [5.41, 5.74) is 0. The van der Waals surface area contributed by atoms with Crippen LogP contribution in [0.1, 0.15) is 44.9 Å². The number of rotatable bonds is 4. The van der Waals surface area contributed by atoms with Gasteiger partial charge in [-0.1, -0.05) is 25.7 Å². The monoisotopic (exact) mass is 266 g/mol. The van der Waals surface area contributed by atoms with Gasteiger partial charge in [-0.05, 0) is 26.9 Å². The lowest BCUT2D eigenvalue weighted by Crippen LogP contribution is -2.48. The van der Waals surface area contributed by atoms with Crippen molar-refractivity contribution in [1.29, 1.82) is 0 Å². The number of nitrogens with zero attached hydrogens (tertiary/aromatic N) is 1. The van der Waals surface area contributed by atoms with Gasteiger partial charge in [0.15, 0.2) is 0 Å². The fourth-order valence-electron chi connectivity index (χ4n) is 2.80. The summed E-state index contributed by atoms with van der Waals surface area (Å²) < 4.78 is 36.8. The van der Waals surface area contributed by atoms with Crippen molar-refractivity contribution in [2.24, 2.45) is 0 Å². The van der Waals surface area contributed by atoms with Crippen LogP contribution in [0.5, 0.6) is 0 Å². The third-order valence-corrected chi connectivity index (χ3v) is 3.91. The summed E-state index contributed by atoms with van der Waals surface area (Å²) in [4.78, 5) is 1.89. The normalized spacial score (nSPS) is 27.0. The molecule has 0 amide bonds. The third kappa shape index (κ3) is 5.57. The molecule has 0 radical (unpaired) electrons. The van der Waals surface area contributed by atoms with Crippen molar-refractivity contribution in [3.05, 3.63) is 0 Å². The summed E-state index contributed by atoms with van der Waals surface area (Å²) in [7, 11) is 3.74. The van der Waals surface area contributed by atoms with Crippen LogP contribution in [0.2, 0.25) is 0 Å². The molecule has 1 aliphatic rings. The largest absolute Gasteiger partial charge is 0.390 e. The lowest BCUT2D eigenvalue weighted by Gasteiger charge is -2.36. The fourth-order valence-corrected chi connectivity index (χ4v) is 2.80. The van der Waals surface area contributed by atoms with Gasteiger partial charge in [0, 0.05) is 18.6 Å². The van der Waals surface area contributed by atoms with Crippen molar-refractivity contribution < 1.29 is 13.2 Å². The van der Waals surface area contributed by atoms with Crippen LogP contribution >= 0.6 is 0 Å². The SMILES string of the molecule is CNC1CCCCCCC1N(C)CCC(F)(F)F. The van der Waals surface area contributed by atoms with Gasteiger partial charge in [0.2, 0.25) is 0 Å². The minimum absolute atomic E-state index is 0.104. The second-order valence-corrected chi connectivity index (χ2v) is 5.30. The van der Waals surface area contributed by atoms with Crippen LogP contribution in [-0.2, 0) is 0 Å². The number of hydrogen-bond donors (Lipinski definition) is 1. The zero-order valence-corrected chi connectivity index (χ0v) is 11.4. The Hall–Kier alpha value is -0.290. The van der Waals surface area contributed by atoms with E-state index >= 15 is 0 Å². The molecule has 0 spiro atoms. The predicted octanol–water partition coefficient (Wildman–Crippen LogP) is 3.18. The molecule has 0 saturated heterocycles. The molecular weight excluding hydrogens is 241 g/mol. The van der Waals surface area contributed by atoms with E-state index in [1.54, 1.807) is 0 Å². The lowest BCUT2D eigenvalue weighted by atomic mass is 9.91. The Morgan fingerprint density at radius 1 is 1.11 bits per heavy atom. The lowest BCUT2D eigenvalue weighted by molar-refractivity contribution is -0.138. The molecule has 1 aliphatic carbocycles. The average Bonchev–Trinajstić information content (AvgIpc) is 2.25. The summed E-state index contributed by atoms with van der Waals surface area (Å²) in [5, 5.41) is 3.28. The Morgan fingerprint density at radius 3 is 2.28 bits per heavy atom. The van der Waals surface area contributed by atoms with Gasteiger partial charge in [0.1, 0.15) is 0 Å². The smallest absolute Gasteiger partial charge is 0.315 e. The maximum Gasteiger partial charge on any atom is 0.390 e. The molecule has 2 unspecified atom stereocenters. The van der Waals surface area contributed by atoms with Gasteiger partial charge in [-0.3, -0.25) is 0 Å². The number of hydrogen-bond acceptors (Lipinski definition) is 2. The van der Waals surface area contributed by atoms with Crippen molar-refractivity contribution in [1.82, 2.24) is 10.2 Å². The number of nitrogens with one attached hydrogen (secondary N) is 1. The van der Waals surface area contributed by atoms with Gasteiger partial charge in [0.25, 0.3) is 0 Å². The molecule has 0 aromatic rings. The minimum Gasteiger partial charge on any atom is -0.315 e. The maximum atomic E-state index is 12.3. The standard InChI is InChI=1S/C13H25F3N2/c1-17-11-7-5-3-4-6-8-12(11)18(2)10-9-13(14,15)16/h11-12,17H,3-10H2,1-2H3. The van der Waals surface area contributed by atoms with E-state index in [1.807, 2.05) is 19.0 Å². The number of alkyl halides is 3. The molecule has 0 heterocycles. The van der Waals surface area contributed by atoms with Crippen molar-refractivity contribution in [3.8, 4) is 0 Å². The van der Waals surface area contributed by atoms with Crippen LogP contribution < -0.4 is 5.32 Å². The first-order chi connectivity index (χ1) is 8.44. The van der Waals surface area contributed by atoms with Crippen molar-refractivity contribution in [2.75, 3.05) is 20.6 Å². The van der Waals surface area contributed by atoms with Gasteiger partial charge >= 0.3 is 6.18 Å². The maximum absolute atomic E-state index is 12.3. The molecule has 1 rings (SSSR count). The third-order valence-electron chi connectivity index (χ3n) is 3.91. The highest BCUT2D eigenvalue weighted by Crippen LogP contribution is 2.24. The highest BCUT2D eigenvalue weighted by molar-refractivity contribution is 4.84. The second kappa shape index (κ2) is 7.34. The van der Waals surface area contributed by atoms with E-state index in [2.05, 4.69) is 5.32 Å². The highest BCUT2D eigenvalue weighted by Gasteiger charge is 2.30. The van der Waals surface area contributed by atoms with Gasteiger partial charge in [-0.15, -0.1) is 0 Å². The van der Waals surface area contributed by atoms with Crippen LogP contribution in [0.25, 0.3) is 0 Å². The summed E-state index contributed by atoms with van der Waals surface area (Å²) in [6, 6.07) is 0.557. The molecule has 0 aromatic heterocycles. The van der Waals surface area contributed by atoms with Crippen LogP contribution in [0, 0.1) is 0 Å². The van der Waals surface area contributed by atoms with Crippen molar-refractivity contribution in [2.45, 2.75) is 63.2 Å². The first-order valence-corrected chi connectivity index (χ1v) is 6.88. The van der Waals surface area contributed by atoms with E-state index < -0.39 is 12.6 Å². The summed E-state index contributed by atoms with van der Waals surface area (Å²) in [6.07, 6.45) is 2.06. The van der Waals surface area contributed by atoms with Gasteiger partial charge < -0.3 is 10.2 Å². The summed E-state index contributed by atoms with van der Waals surface area (Å²) >= 11 is 0. The number of halogens is 3. The molecule has 2 atom stereocenters. The first-order valence-electron chi connectivity index (χ1n) is 6.88. The Labute approximate surface area is 108 Å². The second-order valence-electron chi connectivity index (χ2n) is 5.30. The van der Waals surface area contributed by atoms with Crippen LogP contribution in [-0.4, -0.2) is 43.8 Å². The molecule has 0 aliphatic heterocycles. The van der Waals surface area contributed by atoms with E-state index in [0.717, 1.165) is 19.3 Å². The molecule has 1 N–H and O–H groups in total. The molecule has 18 heavy (non-hydrogen) atoms. The van der Waals surface area contributed by atoms with E-state index in [0.29, 0.717) is 6.04 Å². The van der Waals surface area contributed by atoms with Gasteiger partial charge in [-0.25, -0.2) is 0 Å². The molecular formula is C13H25F3N2. The molecule has 0 bridgehead atoms. The van der Waals surface area contributed by atoms with Crippen molar-refractivity contribution in [3.63, 3.8) is 0 Å². The van der Waals surface area contributed by atoms with E-state index in [9.17, 15) is 13.2 Å². The van der Waals surface area contributed by atoms with Gasteiger partial charge in [0.05, 0.1) is 6.42 Å². The molecule has 108 valence electrons. The van der Waals surface area contributed by atoms with E-state index in [4.69, 9.17) is 0 Å². The first kappa shape index (κ1) is 15.8. The van der Waals surface area contributed by atoms with E-state index in [1.165, 1.54) is 19.3 Å². The van der Waals surface area contributed by atoms with Crippen molar-refractivity contribution >= 4 is 0 Å². The molecule has 0 aromatic carbocycles. The number of likely N-dealkylation sites (N-methyl/N-ethyl adjacent to an activating group) is 2. The summed E-state index contributed by atoms with van der Waals surface area (Å²) in [5.74, 6) is 0. The molecule has 2 nitrogen and oxygen atoms in total. The summed E-state index contributed by atoms with van der Waals surface area (Å²) in [6.45, 7) is 0.104. The Kier molecular flexibility index (Phi) is 6.43. The Bertz CT molecular complexity index is 231. The Morgan fingerprint density at radius 2 is 1.72 bits per heavy atom. The van der Waals surface area contributed by atoms with Gasteiger partial charge in [-0.2, -0.15) is 13.2 Å². The molecule has 1 fully saturated rings.